The molecule has 2 heterocycles. The van der Waals surface area contributed by atoms with Crippen molar-refractivity contribution in [3.63, 3.8) is 0 Å². The molecule has 2 aromatic heterocycles. The third-order valence-corrected chi connectivity index (χ3v) is 2.95. The number of hydrogen-bond donors (Lipinski definition) is 0. The van der Waals surface area contributed by atoms with Crippen LogP contribution in [0.5, 0.6) is 0 Å². The lowest BCUT2D eigenvalue weighted by Gasteiger charge is -1.89. The van der Waals surface area contributed by atoms with Gasteiger partial charge in [-0.15, -0.1) is 0 Å². The third-order valence-electron chi connectivity index (χ3n) is 2.95. The van der Waals surface area contributed by atoms with E-state index in [1.54, 1.807) is 6.26 Å². The highest BCUT2D eigenvalue weighted by Gasteiger charge is 2.08. The SMILES string of the molecule is c1ccc2c(c1)oc1cc3ccoc3cc12. The molecule has 0 N–H and O–H groups in total. The molecule has 0 fully saturated rings. The van der Waals surface area contributed by atoms with E-state index in [9.17, 15) is 0 Å². The first kappa shape index (κ1) is 7.99. The molecule has 0 aliphatic heterocycles. The van der Waals surface area contributed by atoms with E-state index in [2.05, 4.69) is 6.07 Å². The molecule has 76 valence electrons. The molecule has 4 aromatic rings. The van der Waals surface area contributed by atoms with Crippen molar-refractivity contribution in [2.45, 2.75) is 0 Å². The minimum absolute atomic E-state index is 0.902. The Morgan fingerprint density at radius 3 is 2.69 bits per heavy atom. The van der Waals surface area contributed by atoms with E-state index in [1.807, 2.05) is 36.4 Å². The lowest BCUT2D eigenvalue weighted by Crippen LogP contribution is -1.66. The Hall–Kier alpha value is -2.22. The van der Waals surface area contributed by atoms with Crippen LogP contribution in [-0.4, -0.2) is 0 Å². The van der Waals surface area contributed by atoms with Crippen molar-refractivity contribution in [2.75, 3.05) is 0 Å². The second kappa shape index (κ2) is 2.67. The van der Waals surface area contributed by atoms with Crippen LogP contribution in [-0.2, 0) is 0 Å². The summed E-state index contributed by atoms with van der Waals surface area (Å²) in [6.07, 6.45) is 1.70. The van der Waals surface area contributed by atoms with Crippen molar-refractivity contribution in [1.82, 2.24) is 0 Å². The van der Waals surface area contributed by atoms with Crippen molar-refractivity contribution in [1.29, 1.82) is 0 Å². The third kappa shape index (κ3) is 0.910. The van der Waals surface area contributed by atoms with Crippen LogP contribution in [0.25, 0.3) is 32.9 Å². The summed E-state index contributed by atoms with van der Waals surface area (Å²) in [5, 5.41) is 3.32. The summed E-state index contributed by atoms with van der Waals surface area (Å²) >= 11 is 0. The van der Waals surface area contributed by atoms with Crippen LogP contribution in [0.3, 0.4) is 0 Å². The van der Waals surface area contributed by atoms with Gasteiger partial charge in [0.15, 0.2) is 0 Å². The number of fused-ring (bicyclic) bond motifs is 4. The highest BCUT2D eigenvalue weighted by Crippen LogP contribution is 2.32. The van der Waals surface area contributed by atoms with Crippen molar-refractivity contribution >= 4 is 32.9 Å². The van der Waals surface area contributed by atoms with E-state index >= 15 is 0 Å². The molecule has 0 spiro atoms. The fourth-order valence-corrected chi connectivity index (χ4v) is 2.18. The molecule has 0 radical (unpaired) electrons. The lowest BCUT2D eigenvalue weighted by molar-refractivity contribution is 0.616. The zero-order chi connectivity index (χ0) is 10.5. The molecule has 2 nitrogen and oxygen atoms in total. The number of benzene rings is 2. The van der Waals surface area contributed by atoms with Crippen molar-refractivity contribution in [3.05, 3.63) is 48.7 Å². The molecule has 0 amide bonds. The van der Waals surface area contributed by atoms with Gasteiger partial charge in [-0.05, 0) is 24.3 Å². The molecule has 2 aromatic carbocycles. The molecule has 0 aliphatic carbocycles. The maximum Gasteiger partial charge on any atom is 0.136 e. The average molecular weight is 208 g/mol. The van der Waals surface area contributed by atoms with Gasteiger partial charge in [0.1, 0.15) is 16.7 Å². The predicted octanol–water partition coefficient (Wildman–Crippen LogP) is 4.33. The van der Waals surface area contributed by atoms with Crippen LogP contribution in [0.15, 0.2) is 57.6 Å². The quantitative estimate of drug-likeness (QED) is 0.430. The lowest BCUT2D eigenvalue weighted by atomic mass is 10.1. The van der Waals surface area contributed by atoms with Crippen LogP contribution in [0.2, 0.25) is 0 Å². The smallest absolute Gasteiger partial charge is 0.136 e. The van der Waals surface area contributed by atoms with Crippen molar-refractivity contribution in [2.24, 2.45) is 0 Å². The molecule has 2 heteroatoms. The fraction of sp³-hybridized carbons (Fsp3) is 0. The number of para-hydroxylation sites is 1. The summed E-state index contributed by atoms with van der Waals surface area (Å²) in [6, 6.07) is 14.1. The predicted molar refractivity (Wildman–Crippen MR) is 63.5 cm³/mol. The van der Waals surface area contributed by atoms with Gasteiger partial charge in [0.05, 0.1) is 6.26 Å². The highest BCUT2D eigenvalue weighted by molar-refractivity contribution is 6.09. The Labute approximate surface area is 91.1 Å². The zero-order valence-corrected chi connectivity index (χ0v) is 8.44. The number of rotatable bonds is 0. The van der Waals surface area contributed by atoms with Crippen molar-refractivity contribution in [3.8, 4) is 0 Å². The van der Waals surface area contributed by atoms with E-state index in [4.69, 9.17) is 8.83 Å². The van der Waals surface area contributed by atoms with E-state index in [0.29, 0.717) is 0 Å². The van der Waals surface area contributed by atoms with Crippen LogP contribution in [0.4, 0.5) is 0 Å². The Morgan fingerprint density at radius 2 is 1.69 bits per heavy atom. The fourth-order valence-electron chi connectivity index (χ4n) is 2.18. The molecule has 4 rings (SSSR count). The minimum Gasteiger partial charge on any atom is -0.464 e. The van der Waals surface area contributed by atoms with E-state index < -0.39 is 0 Å². The van der Waals surface area contributed by atoms with Crippen molar-refractivity contribution < 1.29 is 8.83 Å². The van der Waals surface area contributed by atoms with Gasteiger partial charge in [-0.3, -0.25) is 0 Å². The standard InChI is InChI=1S/C14H8O2/c1-2-4-12-10(3-1)11-8-13-9(5-6-15-13)7-14(11)16-12/h1-8H. The number of hydrogen-bond acceptors (Lipinski definition) is 2. The highest BCUT2D eigenvalue weighted by atomic mass is 16.3. The van der Waals surface area contributed by atoms with Gasteiger partial charge in [-0.1, -0.05) is 18.2 Å². The summed E-state index contributed by atoms with van der Waals surface area (Å²) in [7, 11) is 0. The Kier molecular flexibility index (Phi) is 1.33. The molecule has 0 atom stereocenters. The summed E-state index contributed by atoms with van der Waals surface area (Å²) in [4.78, 5) is 0. The van der Waals surface area contributed by atoms with Gasteiger partial charge in [0, 0.05) is 16.2 Å². The van der Waals surface area contributed by atoms with Gasteiger partial charge in [-0.25, -0.2) is 0 Å². The first-order valence-electron chi connectivity index (χ1n) is 5.20. The van der Waals surface area contributed by atoms with Gasteiger partial charge >= 0.3 is 0 Å². The molecule has 0 bridgehead atoms. The van der Waals surface area contributed by atoms with Crippen LogP contribution >= 0.6 is 0 Å². The largest absolute Gasteiger partial charge is 0.464 e. The molecule has 16 heavy (non-hydrogen) atoms. The summed E-state index contributed by atoms with van der Waals surface area (Å²) in [5.74, 6) is 0. The van der Waals surface area contributed by atoms with Gasteiger partial charge in [-0.2, -0.15) is 0 Å². The van der Waals surface area contributed by atoms with Gasteiger partial charge in [0.2, 0.25) is 0 Å². The zero-order valence-electron chi connectivity index (χ0n) is 8.44. The Morgan fingerprint density at radius 1 is 0.750 bits per heavy atom. The second-order valence-corrected chi connectivity index (χ2v) is 3.91. The van der Waals surface area contributed by atoms with Crippen LogP contribution in [0, 0.1) is 0 Å². The Balaban J connectivity index is 2.32. The summed E-state index contributed by atoms with van der Waals surface area (Å²) < 4.78 is 11.2. The summed E-state index contributed by atoms with van der Waals surface area (Å²) in [5.41, 5.74) is 2.74. The average Bonchev–Trinajstić information content (AvgIpc) is 2.88. The normalized spacial score (nSPS) is 11.8. The molecule has 0 unspecified atom stereocenters. The van der Waals surface area contributed by atoms with Gasteiger partial charge in [0.25, 0.3) is 0 Å². The van der Waals surface area contributed by atoms with Gasteiger partial charge < -0.3 is 8.83 Å². The van der Waals surface area contributed by atoms with E-state index in [0.717, 1.165) is 32.9 Å². The monoisotopic (exact) mass is 208 g/mol. The van der Waals surface area contributed by atoms with Crippen LogP contribution in [0.1, 0.15) is 0 Å². The Bertz CT molecular complexity index is 805. The first-order chi connectivity index (χ1) is 7.92. The molecule has 0 aliphatic rings. The topological polar surface area (TPSA) is 26.3 Å². The molecule has 0 saturated heterocycles. The molecule has 0 saturated carbocycles. The van der Waals surface area contributed by atoms with E-state index in [-0.39, 0.29) is 0 Å². The second-order valence-electron chi connectivity index (χ2n) is 3.91. The number of furan rings is 2. The maximum absolute atomic E-state index is 5.79. The van der Waals surface area contributed by atoms with E-state index in [1.165, 1.54) is 0 Å². The molecular formula is C14H8O2. The molecular weight excluding hydrogens is 200 g/mol. The minimum atomic E-state index is 0.902. The maximum atomic E-state index is 5.79. The van der Waals surface area contributed by atoms with Crippen LogP contribution < -0.4 is 0 Å². The first-order valence-corrected chi connectivity index (χ1v) is 5.20. The summed E-state index contributed by atoms with van der Waals surface area (Å²) in [6.45, 7) is 0.